The fraction of sp³-hybridized carbons (Fsp3) is 0.385. The summed E-state index contributed by atoms with van der Waals surface area (Å²) in [7, 11) is 0. The van der Waals surface area contributed by atoms with Crippen molar-refractivity contribution in [1.82, 2.24) is 0 Å². The Bertz CT molecular complexity index is 491. The van der Waals surface area contributed by atoms with E-state index in [-0.39, 0.29) is 11.8 Å². The van der Waals surface area contributed by atoms with Crippen molar-refractivity contribution in [2.24, 2.45) is 5.73 Å². The quantitative estimate of drug-likeness (QED) is 0.718. The minimum atomic E-state index is -0.0248. The van der Waals surface area contributed by atoms with E-state index in [9.17, 15) is 9.59 Å². The topological polar surface area (TPSA) is 84.2 Å². The zero-order valence-corrected chi connectivity index (χ0v) is 11.4. The van der Waals surface area contributed by atoms with Crippen molar-refractivity contribution in [1.29, 1.82) is 0 Å². The van der Waals surface area contributed by atoms with E-state index in [0.717, 1.165) is 23.4 Å². The van der Waals surface area contributed by atoms with Crippen LogP contribution in [0.25, 0.3) is 0 Å². The molecule has 0 bridgehead atoms. The fourth-order valence-electron chi connectivity index (χ4n) is 1.81. The summed E-state index contributed by atoms with van der Waals surface area (Å²) in [6, 6.07) is 5.55. The molecule has 0 aromatic heterocycles. The highest BCUT2D eigenvalue weighted by Crippen LogP contribution is 2.33. The number of hydrogen-bond donors (Lipinski definition) is 3. The number of benzene rings is 1. The van der Waals surface area contributed by atoms with Crippen molar-refractivity contribution in [2.45, 2.75) is 24.2 Å². The van der Waals surface area contributed by atoms with E-state index >= 15 is 0 Å². The second-order valence-corrected chi connectivity index (χ2v) is 5.36. The van der Waals surface area contributed by atoms with Crippen LogP contribution in [0.15, 0.2) is 23.1 Å². The Hall–Kier alpha value is -1.53. The number of carbonyl (C=O) groups is 2. The Morgan fingerprint density at radius 3 is 3.05 bits per heavy atom. The summed E-state index contributed by atoms with van der Waals surface area (Å²) in [5.41, 5.74) is 6.85. The third kappa shape index (κ3) is 3.97. The van der Waals surface area contributed by atoms with Gasteiger partial charge in [-0.1, -0.05) is 0 Å². The number of nitrogens with two attached hydrogens (primary N) is 1. The molecule has 102 valence electrons. The molecule has 1 heterocycles. The maximum Gasteiger partial charge on any atom is 0.234 e. The van der Waals surface area contributed by atoms with Gasteiger partial charge in [0.15, 0.2) is 0 Å². The highest BCUT2D eigenvalue weighted by Gasteiger charge is 2.15. The van der Waals surface area contributed by atoms with Crippen LogP contribution in [0, 0.1) is 0 Å². The second-order valence-electron chi connectivity index (χ2n) is 4.34. The third-order valence-corrected chi connectivity index (χ3v) is 3.83. The molecule has 1 aromatic carbocycles. The lowest BCUT2D eigenvalue weighted by Gasteiger charge is -2.17. The van der Waals surface area contributed by atoms with Gasteiger partial charge in [-0.25, -0.2) is 0 Å². The van der Waals surface area contributed by atoms with Gasteiger partial charge < -0.3 is 16.4 Å². The monoisotopic (exact) mass is 279 g/mol. The van der Waals surface area contributed by atoms with Crippen LogP contribution in [0.5, 0.6) is 0 Å². The van der Waals surface area contributed by atoms with E-state index in [1.165, 1.54) is 11.8 Å². The van der Waals surface area contributed by atoms with E-state index in [1.54, 1.807) is 6.07 Å². The molecule has 0 spiro atoms. The van der Waals surface area contributed by atoms with Crippen molar-refractivity contribution in [2.75, 3.05) is 22.9 Å². The first kappa shape index (κ1) is 13.9. The molecular formula is C13H17N3O2S. The van der Waals surface area contributed by atoms with Crippen LogP contribution in [-0.4, -0.2) is 24.1 Å². The molecule has 0 aliphatic carbocycles. The molecule has 1 aliphatic rings. The van der Waals surface area contributed by atoms with Gasteiger partial charge in [0.2, 0.25) is 11.8 Å². The van der Waals surface area contributed by atoms with Gasteiger partial charge in [0.1, 0.15) is 0 Å². The van der Waals surface area contributed by atoms with Crippen LogP contribution in [0.2, 0.25) is 0 Å². The van der Waals surface area contributed by atoms with Crippen molar-refractivity contribution in [3.8, 4) is 0 Å². The first-order valence-corrected chi connectivity index (χ1v) is 7.24. The summed E-state index contributed by atoms with van der Waals surface area (Å²) in [6.45, 7) is 0.607. The Labute approximate surface area is 116 Å². The number of carbonyl (C=O) groups excluding carboxylic acids is 2. The lowest BCUT2D eigenvalue weighted by molar-refractivity contribution is -0.116. The molecule has 0 fully saturated rings. The Morgan fingerprint density at radius 2 is 2.26 bits per heavy atom. The average molecular weight is 279 g/mol. The lowest BCUT2D eigenvalue weighted by atomic mass is 10.2. The summed E-state index contributed by atoms with van der Waals surface area (Å²) in [4.78, 5) is 24.0. The van der Waals surface area contributed by atoms with Gasteiger partial charge >= 0.3 is 0 Å². The van der Waals surface area contributed by atoms with Crippen LogP contribution < -0.4 is 16.4 Å². The first-order chi connectivity index (χ1) is 9.19. The number of unbranched alkanes of at least 4 members (excludes halogenated alkanes) is 1. The summed E-state index contributed by atoms with van der Waals surface area (Å²) in [5.74, 6) is 0.407. The lowest BCUT2D eigenvalue weighted by Crippen LogP contribution is -2.19. The van der Waals surface area contributed by atoms with Gasteiger partial charge in [0.05, 0.1) is 11.4 Å². The van der Waals surface area contributed by atoms with E-state index in [2.05, 4.69) is 10.6 Å². The van der Waals surface area contributed by atoms with Gasteiger partial charge in [0.25, 0.3) is 0 Å². The standard InChI is InChI=1S/C13H17N3O2S/c14-6-2-1-3-12(17)15-9-4-5-11-10(7-9)16-13(18)8-19-11/h4-5,7H,1-3,6,8,14H2,(H,15,17)(H,16,18). The predicted octanol–water partition coefficient (Wildman–Crippen LogP) is 1.80. The number of hydrogen-bond acceptors (Lipinski definition) is 4. The summed E-state index contributed by atoms with van der Waals surface area (Å²) in [5, 5.41) is 5.62. The number of fused-ring (bicyclic) bond motifs is 1. The van der Waals surface area contributed by atoms with E-state index in [4.69, 9.17) is 5.73 Å². The van der Waals surface area contributed by atoms with Crippen molar-refractivity contribution < 1.29 is 9.59 Å². The maximum absolute atomic E-state index is 11.7. The largest absolute Gasteiger partial charge is 0.330 e. The summed E-state index contributed by atoms with van der Waals surface area (Å²) < 4.78 is 0. The van der Waals surface area contributed by atoms with Gasteiger partial charge in [-0.3, -0.25) is 9.59 Å². The Morgan fingerprint density at radius 1 is 1.42 bits per heavy atom. The van der Waals surface area contributed by atoms with Gasteiger partial charge in [-0.2, -0.15) is 0 Å². The van der Waals surface area contributed by atoms with Gasteiger partial charge in [-0.05, 0) is 37.6 Å². The molecule has 0 saturated carbocycles. The SMILES string of the molecule is NCCCCC(=O)Nc1ccc2c(c1)NC(=O)CS2. The van der Waals surface area contributed by atoms with E-state index in [0.29, 0.717) is 24.4 Å². The normalized spacial score (nSPS) is 13.6. The number of thioether (sulfide) groups is 1. The second kappa shape index (κ2) is 6.58. The molecule has 2 amide bonds. The molecule has 1 aliphatic heterocycles. The minimum Gasteiger partial charge on any atom is -0.330 e. The van der Waals surface area contributed by atoms with Crippen LogP contribution in [-0.2, 0) is 9.59 Å². The number of anilines is 2. The van der Waals surface area contributed by atoms with Crippen molar-refractivity contribution in [3.63, 3.8) is 0 Å². The van der Waals surface area contributed by atoms with Crippen LogP contribution in [0.1, 0.15) is 19.3 Å². The minimum absolute atomic E-state index is 0.0103. The zero-order valence-electron chi connectivity index (χ0n) is 10.6. The molecule has 5 nitrogen and oxygen atoms in total. The average Bonchev–Trinajstić information content (AvgIpc) is 2.38. The first-order valence-electron chi connectivity index (χ1n) is 6.25. The highest BCUT2D eigenvalue weighted by atomic mass is 32.2. The summed E-state index contributed by atoms with van der Waals surface area (Å²) in [6.07, 6.45) is 2.11. The van der Waals surface area contributed by atoms with Crippen LogP contribution in [0.4, 0.5) is 11.4 Å². The molecule has 0 saturated heterocycles. The fourth-order valence-corrected chi connectivity index (χ4v) is 2.60. The number of nitrogens with one attached hydrogen (secondary N) is 2. The molecular weight excluding hydrogens is 262 g/mol. The smallest absolute Gasteiger partial charge is 0.234 e. The predicted molar refractivity (Wildman–Crippen MR) is 77.3 cm³/mol. The molecule has 1 aromatic rings. The molecule has 0 atom stereocenters. The van der Waals surface area contributed by atoms with Crippen LogP contribution >= 0.6 is 11.8 Å². The highest BCUT2D eigenvalue weighted by molar-refractivity contribution is 8.00. The van der Waals surface area contributed by atoms with E-state index in [1.807, 2.05) is 12.1 Å². The number of amides is 2. The Kier molecular flexibility index (Phi) is 4.81. The number of rotatable bonds is 5. The molecule has 4 N–H and O–H groups in total. The summed E-state index contributed by atoms with van der Waals surface area (Å²) >= 11 is 1.50. The van der Waals surface area contributed by atoms with Gasteiger partial charge in [-0.15, -0.1) is 11.8 Å². The van der Waals surface area contributed by atoms with Crippen molar-refractivity contribution in [3.05, 3.63) is 18.2 Å². The van der Waals surface area contributed by atoms with Crippen LogP contribution in [0.3, 0.4) is 0 Å². The van der Waals surface area contributed by atoms with E-state index < -0.39 is 0 Å². The zero-order chi connectivity index (χ0) is 13.7. The molecule has 19 heavy (non-hydrogen) atoms. The van der Waals surface area contributed by atoms with Crippen molar-refractivity contribution >= 4 is 35.0 Å². The molecule has 2 rings (SSSR count). The van der Waals surface area contributed by atoms with Gasteiger partial charge in [0, 0.05) is 17.0 Å². The molecule has 0 unspecified atom stereocenters. The Balaban J connectivity index is 1.96. The molecule has 0 radical (unpaired) electrons. The maximum atomic E-state index is 11.7. The third-order valence-electron chi connectivity index (χ3n) is 2.75. The molecule has 6 heteroatoms.